The minimum absolute atomic E-state index is 0.163. The standard InChI is InChI=1S/C12H18BrN3O/c1-9-4-5-14-11(15-9)16-7-10(6-13)17-12(2,3)8-16/h4-5,10H,6-8H2,1-3H3. The second-order valence-corrected chi connectivity index (χ2v) is 5.68. The fourth-order valence-corrected chi connectivity index (χ4v) is 2.45. The average molecular weight is 300 g/mol. The van der Waals surface area contributed by atoms with Gasteiger partial charge in [0.25, 0.3) is 0 Å². The van der Waals surface area contributed by atoms with Gasteiger partial charge in [-0.15, -0.1) is 0 Å². The van der Waals surface area contributed by atoms with Gasteiger partial charge in [0.05, 0.1) is 11.7 Å². The first kappa shape index (κ1) is 12.8. The number of aryl methyl sites for hydroxylation is 1. The number of nitrogens with zero attached hydrogens (tertiary/aromatic N) is 3. The molecular weight excluding hydrogens is 282 g/mol. The summed E-state index contributed by atoms with van der Waals surface area (Å²) in [5, 5.41) is 0.832. The number of aromatic nitrogens is 2. The van der Waals surface area contributed by atoms with Gasteiger partial charge in [0, 0.05) is 30.3 Å². The summed E-state index contributed by atoms with van der Waals surface area (Å²) < 4.78 is 5.96. The third kappa shape index (κ3) is 3.16. The van der Waals surface area contributed by atoms with Gasteiger partial charge in [-0.05, 0) is 26.8 Å². The fraction of sp³-hybridized carbons (Fsp3) is 0.667. The van der Waals surface area contributed by atoms with Gasteiger partial charge in [-0.3, -0.25) is 0 Å². The van der Waals surface area contributed by atoms with Crippen LogP contribution in [-0.2, 0) is 4.74 Å². The van der Waals surface area contributed by atoms with Crippen LogP contribution >= 0.6 is 15.9 Å². The Hall–Kier alpha value is -0.680. The Kier molecular flexibility index (Phi) is 3.68. The van der Waals surface area contributed by atoms with Crippen molar-refractivity contribution in [3.05, 3.63) is 18.0 Å². The van der Waals surface area contributed by atoms with E-state index in [1.165, 1.54) is 0 Å². The molecule has 0 saturated carbocycles. The Morgan fingerprint density at radius 3 is 3.00 bits per heavy atom. The zero-order chi connectivity index (χ0) is 12.5. The van der Waals surface area contributed by atoms with E-state index >= 15 is 0 Å². The quantitative estimate of drug-likeness (QED) is 0.785. The van der Waals surface area contributed by atoms with Crippen molar-refractivity contribution in [1.29, 1.82) is 0 Å². The topological polar surface area (TPSA) is 38.2 Å². The molecule has 2 rings (SSSR count). The van der Waals surface area contributed by atoms with E-state index in [9.17, 15) is 0 Å². The van der Waals surface area contributed by atoms with Crippen LogP contribution in [0.5, 0.6) is 0 Å². The van der Waals surface area contributed by atoms with E-state index in [2.05, 4.69) is 44.6 Å². The lowest BCUT2D eigenvalue weighted by Gasteiger charge is -2.42. The first-order valence-electron chi connectivity index (χ1n) is 5.78. The van der Waals surface area contributed by atoms with Crippen molar-refractivity contribution in [2.45, 2.75) is 32.5 Å². The smallest absolute Gasteiger partial charge is 0.225 e. The predicted octanol–water partition coefficient (Wildman–Crippen LogP) is 2.16. The largest absolute Gasteiger partial charge is 0.368 e. The van der Waals surface area contributed by atoms with E-state index in [1.54, 1.807) is 0 Å². The lowest BCUT2D eigenvalue weighted by atomic mass is 10.1. The summed E-state index contributed by atoms with van der Waals surface area (Å²) in [6.07, 6.45) is 1.99. The number of anilines is 1. The van der Waals surface area contributed by atoms with Crippen LogP contribution in [0.1, 0.15) is 19.5 Å². The van der Waals surface area contributed by atoms with E-state index < -0.39 is 0 Å². The molecule has 0 aliphatic carbocycles. The summed E-state index contributed by atoms with van der Waals surface area (Å²) in [7, 11) is 0. The maximum absolute atomic E-state index is 5.96. The molecule has 1 atom stereocenters. The maximum Gasteiger partial charge on any atom is 0.225 e. The number of hydrogen-bond donors (Lipinski definition) is 0. The molecule has 17 heavy (non-hydrogen) atoms. The molecule has 1 aromatic heterocycles. The van der Waals surface area contributed by atoms with E-state index in [-0.39, 0.29) is 11.7 Å². The minimum atomic E-state index is -0.163. The monoisotopic (exact) mass is 299 g/mol. The third-order valence-electron chi connectivity index (χ3n) is 2.72. The number of rotatable bonds is 2. The van der Waals surface area contributed by atoms with E-state index in [1.807, 2.05) is 19.2 Å². The van der Waals surface area contributed by atoms with Gasteiger partial charge in [0.1, 0.15) is 0 Å². The molecule has 5 heteroatoms. The van der Waals surface area contributed by atoms with Crippen LogP contribution in [-0.4, -0.2) is 40.1 Å². The van der Waals surface area contributed by atoms with E-state index in [4.69, 9.17) is 4.74 Å². The summed E-state index contributed by atoms with van der Waals surface area (Å²) >= 11 is 3.48. The van der Waals surface area contributed by atoms with Crippen molar-refractivity contribution < 1.29 is 4.74 Å². The van der Waals surface area contributed by atoms with Crippen molar-refractivity contribution in [1.82, 2.24) is 9.97 Å². The first-order chi connectivity index (χ1) is 8.00. The van der Waals surface area contributed by atoms with Gasteiger partial charge in [0.15, 0.2) is 0 Å². The van der Waals surface area contributed by atoms with Gasteiger partial charge in [-0.1, -0.05) is 15.9 Å². The van der Waals surface area contributed by atoms with Crippen molar-refractivity contribution in [2.24, 2.45) is 0 Å². The Bertz CT molecular complexity index is 397. The number of morpholine rings is 1. The Morgan fingerprint density at radius 1 is 1.59 bits per heavy atom. The lowest BCUT2D eigenvalue weighted by Crippen LogP contribution is -2.54. The number of hydrogen-bond acceptors (Lipinski definition) is 4. The summed E-state index contributed by atoms with van der Waals surface area (Å²) in [6.45, 7) is 7.84. The molecule has 1 unspecified atom stereocenters. The van der Waals surface area contributed by atoms with Crippen molar-refractivity contribution >= 4 is 21.9 Å². The van der Waals surface area contributed by atoms with Gasteiger partial charge in [-0.25, -0.2) is 9.97 Å². The molecule has 0 N–H and O–H groups in total. The zero-order valence-electron chi connectivity index (χ0n) is 10.5. The van der Waals surface area contributed by atoms with Crippen LogP contribution in [0.25, 0.3) is 0 Å². The van der Waals surface area contributed by atoms with Crippen molar-refractivity contribution in [3.63, 3.8) is 0 Å². The molecule has 1 aromatic rings. The van der Waals surface area contributed by atoms with Crippen molar-refractivity contribution in [3.8, 4) is 0 Å². The van der Waals surface area contributed by atoms with Gasteiger partial charge in [-0.2, -0.15) is 0 Å². The Labute approximate surface area is 111 Å². The van der Waals surface area contributed by atoms with Crippen LogP contribution in [0, 0.1) is 6.92 Å². The maximum atomic E-state index is 5.96. The van der Waals surface area contributed by atoms with Crippen LogP contribution in [0.2, 0.25) is 0 Å². The SMILES string of the molecule is Cc1ccnc(N2CC(CBr)OC(C)(C)C2)n1. The minimum Gasteiger partial charge on any atom is -0.368 e. The molecule has 0 amide bonds. The van der Waals surface area contributed by atoms with Crippen molar-refractivity contribution in [2.75, 3.05) is 23.3 Å². The summed E-state index contributed by atoms with van der Waals surface area (Å²) in [6, 6.07) is 1.91. The van der Waals surface area contributed by atoms with Gasteiger partial charge < -0.3 is 9.64 Å². The molecular formula is C12H18BrN3O. The van der Waals surface area contributed by atoms with Crippen LogP contribution in [0.4, 0.5) is 5.95 Å². The molecule has 1 saturated heterocycles. The van der Waals surface area contributed by atoms with E-state index in [0.29, 0.717) is 0 Å². The highest BCUT2D eigenvalue weighted by molar-refractivity contribution is 9.09. The highest BCUT2D eigenvalue weighted by Gasteiger charge is 2.33. The zero-order valence-corrected chi connectivity index (χ0v) is 12.1. The Morgan fingerprint density at radius 2 is 2.35 bits per heavy atom. The number of alkyl halides is 1. The Balaban J connectivity index is 2.20. The highest BCUT2D eigenvalue weighted by atomic mass is 79.9. The molecule has 0 spiro atoms. The highest BCUT2D eigenvalue weighted by Crippen LogP contribution is 2.24. The summed E-state index contributed by atoms with van der Waals surface area (Å²) in [5.74, 6) is 0.798. The molecule has 1 aliphatic heterocycles. The molecule has 2 heterocycles. The molecule has 1 aliphatic rings. The van der Waals surface area contributed by atoms with Gasteiger partial charge >= 0.3 is 0 Å². The van der Waals surface area contributed by atoms with Gasteiger partial charge in [0.2, 0.25) is 5.95 Å². The third-order valence-corrected chi connectivity index (χ3v) is 3.44. The molecule has 1 fully saturated rings. The summed E-state index contributed by atoms with van der Waals surface area (Å²) in [4.78, 5) is 11.0. The number of halogens is 1. The van der Waals surface area contributed by atoms with Crippen LogP contribution in [0.3, 0.4) is 0 Å². The number of ether oxygens (including phenoxy) is 1. The molecule has 0 bridgehead atoms. The lowest BCUT2D eigenvalue weighted by molar-refractivity contribution is -0.0728. The molecule has 0 aromatic carbocycles. The second kappa shape index (κ2) is 4.90. The summed E-state index contributed by atoms with van der Waals surface area (Å²) in [5.41, 5.74) is 0.832. The van der Waals surface area contributed by atoms with Crippen LogP contribution < -0.4 is 4.90 Å². The molecule has 4 nitrogen and oxygen atoms in total. The van der Waals surface area contributed by atoms with Crippen LogP contribution in [0.15, 0.2) is 12.3 Å². The average Bonchev–Trinajstić information content (AvgIpc) is 2.27. The second-order valence-electron chi connectivity index (χ2n) is 5.03. The molecule has 0 radical (unpaired) electrons. The predicted molar refractivity (Wildman–Crippen MR) is 71.7 cm³/mol. The van der Waals surface area contributed by atoms with E-state index in [0.717, 1.165) is 30.1 Å². The first-order valence-corrected chi connectivity index (χ1v) is 6.91. The molecule has 94 valence electrons. The fourth-order valence-electron chi connectivity index (χ4n) is 2.12. The normalized spacial score (nSPS) is 23.8.